The summed E-state index contributed by atoms with van der Waals surface area (Å²) in [6, 6.07) is 13.3. The number of hydrogen-bond acceptors (Lipinski definition) is 2. The molecule has 0 bridgehead atoms. The molecular formula is C19H15FN2O2. The first-order valence-corrected chi connectivity index (χ1v) is 7.71. The van der Waals surface area contributed by atoms with Gasteiger partial charge in [0.15, 0.2) is 0 Å². The molecule has 120 valence electrons. The Morgan fingerprint density at radius 2 is 1.92 bits per heavy atom. The van der Waals surface area contributed by atoms with Gasteiger partial charge in [0, 0.05) is 34.7 Å². The number of para-hydroxylation sites is 1. The number of nitrogens with zero attached hydrogens (tertiary/aromatic N) is 1. The molecule has 24 heavy (non-hydrogen) atoms. The van der Waals surface area contributed by atoms with E-state index in [-0.39, 0.29) is 17.5 Å². The van der Waals surface area contributed by atoms with Crippen molar-refractivity contribution in [1.29, 1.82) is 0 Å². The molecule has 5 heteroatoms. The number of aliphatic hydroxyl groups is 1. The zero-order chi connectivity index (χ0) is 16.7. The van der Waals surface area contributed by atoms with E-state index in [0.717, 1.165) is 28.7 Å². The van der Waals surface area contributed by atoms with Crippen LogP contribution in [0.3, 0.4) is 0 Å². The molecule has 2 aromatic carbocycles. The van der Waals surface area contributed by atoms with Crippen molar-refractivity contribution in [1.82, 2.24) is 4.98 Å². The molecule has 0 atom stereocenters. The Labute approximate surface area is 137 Å². The maximum atomic E-state index is 12.9. The summed E-state index contributed by atoms with van der Waals surface area (Å²) in [4.78, 5) is 17.4. The van der Waals surface area contributed by atoms with Crippen molar-refractivity contribution in [2.45, 2.75) is 6.42 Å². The molecule has 1 aromatic heterocycles. The van der Waals surface area contributed by atoms with Gasteiger partial charge in [-0.05, 0) is 36.8 Å². The lowest BCUT2D eigenvalue weighted by Gasteiger charge is -2.13. The van der Waals surface area contributed by atoms with Crippen molar-refractivity contribution in [2.75, 3.05) is 11.4 Å². The number of amides is 1. The number of hydrogen-bond donors (Lipinski definition) is 2. The molecule has 2 heterocycles. The van der Waals surface area contributed by atoms with Crippen LogP contribution in [0.5, 0.6) is 0 Å². The monoisotopic (exact) mass is 322 g/mol. The van der Waals surface area contributed by atoms with Gasteiger partial charge in [-0.3, -0.25) is 9.69 Å². The summed E-state index contributed by atoms with van der Waals surface area (Å²) in [7, 11) is 0. The van der Waals surface area contributed by atoms with Crippen LogP contribution in [0.4, 0.5) is 10.2 Å². The smallest absolute Gasteiger partial charge is 0.255 e. The Hall–Kier alpha value is -3.08. The summed E-state index contributed by atoms with van der Waals surface area (Å²) in [5.74, 6) is -0.0869. The molecular weight excluding hydrogens is 307 g/mol. The molecule has 0 spiro atoms. The summed E-state index contributed by atoms with van der Waals surface area (Å²) >= 11 is 0. The van der Waals surface area contributed by atoms with E-state index >= 15 is 0 Å². The number of anilines is 1. The van der Waals surface area contributed by atoms with Gasteiger partial charge in [0.25, 0.3) is 5.91 Å². The van der Waals surface area contributed by atoms with E-state index in [9.17, 15) is 14.3 Å². The summed E-state index contributed by atoms with van der Waals surface area (Å²) < 4.78 is 12.9. The molecule has 0 saturated carbocycles. The van der Waals surface area contributed by atoms with Crippen molar-refractivity contribution < 1.29 is 14.3 Å². The maximum Gasteiger partial charge on any atom is 0.255 e. The second-order valence-electron chi connectivity index (χ2n) is 5.77. The minimum absolute atomic E-state index is 0.176. The predicted octanol–water partition coefficient (Wildman–Crippen LogP) is 3.80. The van der Waals surface area contributed by atoms with Gasteiger partial charge in [-0.15, -0.1) is 0 Å². The Morgan fingerprint density at radius 1 is 1.17 bits per heavy atom. The molecule has 2 N–H and O–H groups in total. The lowest BCUT2D eigenvalue weighted by Crippen LogP contribution is -2.27. The van der Waals surface area contributed by atoms with E-state index in [1.807, 2.05) is 24.3 Å². The van der Waals surface area contributed by atoms with Gasteiger partial charge >= 0.3 is 0 Å². The number of carbonyl (C=O) groups is 1. The standard InChI is InChI=1S/C19H15FN2O2/c20-13-7-5-12(6-8-13)17(23)11-18(24)22-10-9-15-14-3-1-2-4-16(14)21-19(15)22/h1-8,11,21,23H,9-10H2/b17-11-. The van der Waals surface area contributed by atoms with Gasteiger partial charge in [-0.25, -0.2) is 4.39 Å². The van der Waals surface area contributed by atoms with E-state index in [0.29, 0.717) is 12.1 Å². The Bertz CT molecular complexity index is 957. The lowest BCUT2D eigenvalue weighted by atomic mass is 10.1. The fraction of sp³-hybridized carbons (Fsp3) is 0.105. The van der Waals surface area contributed by atoms with Crippen molar-refractivity contribution >= 4 is 28.4 Å². The van der Waals surface area contributed by atoms with Gasteiger partial charge in [0.05, 0.1) is 0 Å². The molecule has 1 amide bonds. The number of aromatic nitrogens is 1. The molecule has 0 radical (unpaired) electrons. The zero-order valence-corrected chi connectivity index (χ0v) is 12.8. The third kappa shape index (κ3) is 2.34. The second kappa shape index (κ2) is 5.53. The molecule has 1 aliphatic heterocycles. The van der Waals surface area contributed by atoms with Gasteiger partial charge in [-0.2, -0.15) is 0 Å². The largest absolute Gasteiger partial charge is 0.507 e. The van der Waals surface area contributed by atoms with Gasteiger partial charge < -0.3 is 10.1 Å². The van der Waals surface area contributed by atoms with Crippen LogP contribution in [0.15, 0.2) is 54.6 Å². The van der Waals surface area contributed by atoms with E-state index in [2.05, 4.69) is 4.98 Å². The number of carbonyl (C=O) groups excluding carboxylic acids is 1. The molecule has 4 nitrogen and oxygen atoms in total. The summed E-state index contributed by atoms with van der Waals surface area (Å²) in [6.07, 6.45) is 1.95. The van der Waals surface area contributed by atoms with E-state index in [4.69, 9.17) is 0 Å². The number of aliphatic hydroxyl groups excluding tert-OH is 1. The van der Waals surface area contributed by atoms with Crippen LogP contribution >= 0.6 is 0 Å². The number of halogens is 1. The molecule has 0 fully saturated rings. The Balaban J connectivity index is 1.65. The van der Waals surface area contributed by atoms with Crippen LogP contribution < -0.4 is 4.90 Å². The highest BCUT2D eigenvalue weighted by molar-refractivity contribution is 6.07. The number of rotatable bonds is 2. The zero-order valence-electron chi connectivity index (χ0n) is 12.8. The van der Waals surface area contributed by atoms with Crippen molar-refractivity contribution in [2.24, 2.45) is 0 Å². The highest BCUT2D eigenvalue weighted by Crippen LogP contribution is 2.34. The third-order valence-corrected chi connectivity index (χ3v) is 4.31. The first-order valence-electron chi connectivity index (χ1n) is 7.71. The molecule has 0 unspecified atom stereocenters. The van der Waals surface area contributed by atoms with Gasteiger partial charge in [0.2, 0.25) is 0 Å². The minimum atomic E-state index is -0.389. The average molecular weight is 322 g/mol. The SMILES string of the molecule is O=C(/C=C(\O)c1ccc(F)cc1)N1CCc2c1[nH]c1ccccc21. The summed E-state index contributed by atoms with van der Waals surface area (Å²) in [5.41, 5.74) is 2.51. The number of nitrogens with one attached hydrogen (secondary N) is 1. The Morgan fingerprint density at radius 3 is 2.71 bits per heavy atom. The first-order chi connectivity index (χ1) is 11.6. The Kier molecular flexibility index (Phi) is 3.34. The molecule has 3 aromatic rings. The summed E-state index contributed by atoms with van der Waals surface area (Å²) in [5, 5.41) is 11.2. The second-order valence-corrected chi connectivity index (χ2v) is 5.77. The lowest BCUT2D eigenvalue weighted by molar-refractivity contribution is -0.114. The fourth-order valence-electron chi connectivity index (χ4n) is 3.12. The minimum Gasteiger partial charge on any atom is -0.507 e. The van der Waals surface area contributed by atoms with Crippen LogP contribution in [-0.4, -0.2) is 22.5 Å². The van der Waals surface area contributed by atoms with E-state index in [1.165, 1.54) is 30.3 Å². The highest BCUT2D eigenvalue weighted by atomic mass is 19.1. The number of benzene rings is 2. The summed E-state index contributed by atoms with van der Waals surface area (Å²) in [6.45, 7) is 0.567. The first kappa shape index (κ1) is 14.5. The number of H-pyrrole nitrogens is 1. The van der Waals surface area contributed by atoms with Crippen LogP contribution in [0.25, 0.3) is 16.7 Å². The molecule has 0 aliphatic carbocycles. The van der Waals surface area contributed by atoms with Crippen LogP contribution in [0.1, 0.15) is 11.1 Å². The molecule has 1 aliphatic rings. The van der Waals surface area contributed by atoms with Crippen LogP contribution in [0.2, 0.25) is 0 Å². The van der Waals surface area contributed by atoms with Crippen molar-refractivity contribution in [3.05, 3.63) is 71.6 Å². The number of aromatic amines is 1. The van der Waals surface area contributed by atoms with Gasteiger partial charge in [-0.1, -0.05) is 18.2 Å². The molecule has 0 saturated heterocycles. The third-order valence-electron chi connectivity index (χ3n) is 4.31. The van der Waals surface area contributed by atoms with E-state index < -0.39 is 0 Å². The molecule has 4 rings (SSSR count). The van der Waals surface area contributed by atoms with Gasteiger partial charge in [0.1, 0.15) is 17.4 Å². The fourth-order valence-corrected chi connectivity index (χ4v) is 3.12. The van der Waals surface area contributed by atoms with E-state index in [1.54, 1.807) is 4.90 Å². The number of fused-ring (bicyclic) bond motifs is 3. The maximum absolute atomic E-state index is 12.9. The van der Waals surface area contributed by atoms with Crippen molar-refractivity contribution in [3.8, 4) is 0 Å². The van der Waals surface area contributed by atoms with Crippen LogP contribution in [0, 0.1) is 5.82 Å². The van der Waals surface area contributed by atoms with Crippen molar-refractivity contribution in [3.63, 3.8) is 0 Å². The average Bonchev–Trinajstić information content (AvgIpc) is 3.14. The normalized spacial score (nSPS) is 14.2. The topological polar surface area (TPSA) is 56.3 Å². The highest BCUT2D eigenvalue weighted by Gasteiger charge is 2.27. The van der Waals surface area contributed by atoms with Crippen LogP contribution in [-0.2, 0) is 11.2 Å². The quantitative estimate of drug-likeness (QED) is 0.557. The predicted molar refractivity (Wildman–Crippen MR) is 91.4 cm³/mol.